The zero-order chi connectivity index (χ0) is 22.8. The second kappa shape index (κ2) is 9.04. The van der Waals surface area contributed by atoms with Crippen molar-refractivity contribution in [2.24, 2.45) is 7.05 Å². The molecular weight excluding hydrogens is 430 g/mol. The van der Waals surface area contributed by atoms with Crippen LogP contribution in [0.2, 0.25) is 5.02 Å². The Morgan fingerprint density at radius 1 is 1.00 bits per heavy atom. The van der Waals surface area contributed by atoms with Crippen LogP contribution in [0.25, 0.3) is 10.9 Å². The van der Waals surface area contributed by atoms with Crippen LogP contribution in [0.5, 0.6) is 0 Å². The van der Waals surface area contributed by atoms with Gasteiger partial charge in [-0.25, -0.2) is 4.79 Å². The van der Waals surface area contributed by atoms with E-state index in [0.717, 1.165) is 10.9 Å². The minimum Gasteiger partial charge on any atom is -0.462 e. The van der Waals surface area contributed by atoms with Crippen LogP contribution in [0.15, 0.2) is 53.3 Å². The summed E-state index contributed by atoms with van der Waals surface area (Å²) in [5.74, 6) is -0.700. The Balaban J connectivity index is 1.68. The molecule has 1 saturated heterocycles. The van der Waals surface area contributed by atoms with Gasteiger partial charge in [-0.1, -0.05) is 29.8 Å². The third-order valence-electron chi connectivity index (χ3n) is 5.73. The summed E-state index contributed by atoms with van der Waals surface area (Å²) in [4.78, 5) is 42.5. The first-order chi connectivity index (χ1) is 15.4. The number of carbonyl (C=O) groups is 2. The first kappa shape index (κ1) is 21.9. The molecule has 166 valence electrons. The lowest BCUT2D eigenvalue weighted by molar-refractivity contribution is 0.0523. The van der Waals surface area contributed by atoms with Crippen molar-refractivity contribution in [3.63, 3.8) is 0 Å². The van der Waals surface area contributed by atoms with E-state index >= 15 is 0 Å². The van der Waals surface area contributed by atoms with Gasteiger partial charge in [-0.3, -0.25) is 9.59 Å². The van der Waals surface area contributed by atoms with Gasteiger partial charge in [0, 0.05) is 49.2 Å². The Hall–Kier alpha value is -3.32. The number of anilines is 1. The summed E-state index contributed by atoms with van der Waals surface area (Å²) in [6.07, 6.45) is 0. The molecule has 0 radical (unpaired) electrons. The maximum Gasteiger partial charge on any atom is 0.345 e. The van der Waals surface area contributed by atoms with Gasteiger partial charge in [-0.15, -0.1) is 0 Å². The Labute approximate surface area is 190 Å². The van der Waals surface area contributed by atoms with Crippen molar-refractivity contribution < 1.29 is 14.3 Å². The highest BCUT2D eigenvalue weighted by Gasteiger charge is 2.29. The van der Waals surface area contributed by atoms with Gasteiger partial charge < -0.3 is 19.1 Å². The molecule has 1 fully saturated rings. The van der Waals surface area contributed by atoms with E-state index in [1.807, 2.05) is 29.2 Å². The number of benzene rings is 2. The van der Waals surface area contributed by atoms with Gasteiger partial charge >= 0.3 is 5.97 Å². The molecule has 32 heavy (non-hydrogen) atoms. The van der Waals surface area contributed by atoms with E-state index in [9.17, 15) is 14.4 Å². The molecule has 0 N–H and O–H groups in total. The van der Waals surface area contributed by atoms with Crippen molar-refractivity contribution in [2.75, 3.05) is 37.7 Å². The molecule has 1 aliphatic rings. The molecule has 8 heteroatoms. The van der Waals surface area contributed by atoms with Gasteiger partial charge in [0.15, 0.2) is 0 Å². The van der Waals surface area contributed by atoms with Crippen molar-refractivity contribution in [1.82, 2.24) is 9.47 Å². The molecular formula is C24H24ClN3O4. The fourth-order valence-corrected chi connectivity index (χ4v) is 4.23. The number of pyridine rings is 1. The number of carbonyl (C=O) groups excluding carboxylic acids is 2. The Kier molecular flexibility index (Phi) is 6.19. The first-order valence-corrected chi connectivity index (χ1v) is 10.9. The highest BCUT2D eigenvalue weighted by atomic mass is 35.5. The summed E-state index contributed by atoms with van der Waals surface area (Å²) in [5.41, 5.74) is 1.53. The molecule has 7 nitrogen and oxygen atoms in total. The summed E-state index contributed by atoms with van der Waals surface area (Å²) in [5, 5.41) is 1.38. The van der Waals surface area contributed by atoms with Gasteiger partial charge in [0.05, 0.1) is 17.8 Å². The van der Waals surface area contributed by atoms with Crippen LogP contribution < -0.4 is 10.5 Å². The molecule has 1 aromatic heterocycles. The van der Waals surface area contributed by atoms with Crippen molar-refractivity contribution in [3.05, 3.63) is 75.0 Å². The van der Waals surface area contributed by atoms with Crippen LogP contribution in [0.3, 0.4) is 0 Å². The number of ether oxygens (including phenoxy) is 1. The summed E-state index contributed by atoms with van der Waals surface area (Å²) in [6.45, 7) is 3.80. The van der Waals surface area contributed by atoms with Crippen LogP contribution in [-0.2, 0) is 11.8 Å². The number of nitrogens with zero attached hydrogens (tertiary/aromatic N) is 3. The van der Waals surface area contributed by atoms with E-state index in [-0.39, 0.29) is 18.1 Å². The molecule has 2 aromatic carbocycles. The van der Waals surface area contributed by atoms with Gasteiger partial charge in [0.25, 0.3) is 11.5 Å². The number of aryl methyl sites for hydroxylation is 1. The molecule has 1 aliphatic heterocycles. The van der Waals surface area contributed by atoms with E-state index < -0.39 is 11.5 Å². The van der Waals surface area contributed by atoms with Gasteiger partial charge in [0.1, 0.15) is 5.56 Å². The minimum atomic E-state index is -0.631. The van der Waals surface area contributed by atoms with E-state index in [0.29, 0.717) is 42.5 Å². The van der Waals surface area contributed by atoms with Crippen molar-refractivity contribution in [2.45, 2.75) is 6.92 Å². The Morgan fingerprint density at radius 2 is 1.66 bits per heavy atom. The molecule has 0 aliphatic carbocycles. The number of aromatic nitrogens is 1. The lowest BCUT2D eigenvalue weighted by Crippen LogP contribution is -2.49. The molecule has 0 unspecified atom stereocenters. The van der Waals surface area contributed by atoms with Crippen LogP contribution in [0.4, 0.5) is 5.69 Å². The number of para-hydroxylation sites is 1. The van der Waals surface area contributed by atoms with E-state index in [4.69, 9.17) is 16.3 Å². The number of piperazine rings is 1. The molecule has 1 amide bonds. The maximum atomic E-state index is 13.1. The average Bonchev–Trinajstić information content (AvgIpc) is 2.81. The number of esters is 1. The van der Waals surface area contributed by atoms with Crippen molar-refractivity contribution in [1.29, 1.82) is 0 Å². The van der Waals surface area contributed by atoms with Crippen LogP contribution in [0.1, 0.15) is 27.6 Å². The summed E-state index contributed by atoms with van der Waals surface area (Å²) < 4.78 is 6.69. The third-order valence-corrected chi connectivity index (χ3v) is 5.98. The number of halogens is 1. The lowest BCUT2D eigenvalue weighted by Gasteiger charge is -2.37. The largest absolute Gasteiger partial charge is 0.462 e. The maximum absolute atomic E-state index is 13.1. The minimum absolute atomic E-state index is 0.0329. The van der Waals surface area contributed by atoms with Crippen molar-refractivity contribution >= 4 is 40.1 Å². The fourth-order valence-electron chi connectivity index (χ4n) is 4.10. The topological polar surface area (TPSA) is 71.8 Å². The fraction of sp³-hybridized carbons (Fsp3) is 0.292. The third kappa shape index (κ3) is 3.96. The molecule has 2 heterocycles. The van der Waals surface area contributed by atoms with Gasteiger partial charge in [0.2, 0.25) is 0 Å². The number of fused-ring (bicyclic) bond motifs is 1. The Bertz CT molecular complexity index is 1230. The summed E-state index contributed by atoms with van der Waals surface area (Å²) in [6, 6.07) is 14.3. The van der Waals surface area contributed by atoms with Gasteiger partial charge in [-0.05, 0) is 37.3 Å². The Morgan fingerprint density at radius 3 is 2.31 bits per heavy atom. The smallest absolute Gasteiger partial charge is 0.345 e. The molecule has 0 bridgehead atoms. The quantitative estimate of drug-likeness (QED) is 0.566. The number of rotatable bonds is 4. The molecule has 3 aromatic rings. The number of hydrogen-bond donors (Lipinski definition) is 0. The molecule has 0 spiro atoms. The normalized spacial score (nSPS) is 14.0. The highest BCUT2D eigenvalue weighted by Crippen LogP contribution is 2.30. The predicted octanol–water partition coefficient (Wildman–Crippen LogP) is 3.33. The van der Waals surface area contributed by atoms with Crippen LogP contribution in [-0.4, -0.2) is 54.1 Å². The molecule has 4 rings (SSSR count). The lowest BCUT2D eigenvalue weighted by atomic mass is 10.1. The van der Waals surface area contributed by atoms with E-state index in [2.05, 4.69) is 0 Å². The zero-order valence-electron chi connectivity index (χ0n) is 18.0. The SMILES string of the molecule is CCOC(=O)c1c(N2CCN(C(=O)c3ccc(Cl)cc3)CC2)c2ccccc2n(C)c1=O. The van der Waals surface area contributed by atoms with Crippen LogP contribution in [0, 0.1) is 0 Å². The number of hydrogen-bond acceptors (Lipinski definition) is 5. The van der Waals surface area contributed by atoms with E-state index in [1.165, 1.54) is 4.57 Å². The summed E-state index contributed by atoms with van der Waals surface area (Å²) >= 11 is 5.93. The first-order valence-electron chi connectivity index (χ1n) is 10.5. The number of amides is 1. The second-order valence-electron chi connectivity index (χ2n) is 7.61. The standard InChI is InChI=1S/C24H24ClN3O4/c1-3-32-24(31)20-21(18-6-4-5-7-19(18)26(2)23(20)30)27-12-14-28(15-13-27)22(29)16-8-10-17(25)11-9-16/h4-11H,3,12-15H2,1-2H3. The second-order valence-corrected chi connectivity index (χ2v) is 8.05. The highest BCUT2D eigenvalue weighted by molar-refractivity contribution is 6.30. The predicted molar refractivity (Wildman–Crippen MR) is 125 cm³/mol. The van der Waals surface area contributed by atoms with E-state index in [1.54, 1.807) is 43.1 Å². The monoisotopic (exact) mass is 453 g/mol. The zero-order valence-corrected chi connectivity index (χ0v) is 18.8. The van der Waals surface area contributed by atoms with Crippen LogP contribution >= 0.6 is 11.6 Å². The molecule has 0 atom stereocenters. The summed E-state index contributed by atoms with van der Waals surface area (Å²) in [7, 11) is 1.65. The van der Waals surface area contributed by atoms with Gasteiger partial charge in [-0.2, -0.15) is 0 Å². The molecule has 0 saturated carbocycles. The van der Waals surface area contributed by atoms with Crippen molar-refractivity contribution in [3.8, 4) is 0 Å². The average molecular weight is 454 g/mol.